The lowest BCUT2D eigenvalue weighted by Gasteiger charge is -2.07. The third-order valence-corrected chi connectivity index (χ3v) is 2.06. The summed E-state index contributed by atoms with van der Waals surface area (Å²) >= 11 is 0. The van der Waals surface area contributed by atoms with Gasteiger partial charge in [0.1, 0.15) is 5.84 Å². The number of rotatable bonds is 8. The minimum absolute atomic E-state index is 0.0743. The minimum Gasteiger partial charge on any atom is -0.384 e. The van der Waals surface area contributed by atoms with Crippen LogP contribution < -0.4 is 11.1 Å². The first kappa shape index (κ1) is 15.7. The lowest BCUT2D eigenvalue weighted by molar-refractivity contribution is -0.125. The maximum atomic E-state index is 11.2. The zero-order valence-electron chi connectivity index (χ0n) is 11.3. The van der Waals surface area contributed by atoms with Crippen LogP contribution in [0, 0.1) is 11.8 Å². The van der Waals surface area contributed by atoms with Crippen molar-refractivity contribution >= 4 is 11.7 Å². The Labute approximate surface area is 104 Å². The van der Waals surface area contributed by atoms with Crippen molar-refractivity contribution in [2.75, 3.05) is 13.2 Å². The summed E-state index contributed by atoms with van der Waals surface area (Å²) in [6, 6.07) is 0. The molecule has 0 heterocycles. The van der Waals surface area contributed by atoms with Gasteiger partial charge in [-0.25, -0.2) is 0 Å². The van der Waals surface area contributed by atoms with Crippen LogP contribution in [0.1, 0.15) is 40.5 Å². The van der Waals surface area contributed by atoms with Crippen LogP contribution in [0.15, 0.2) is 5.16 Å². The summed E-state index contributed by atoms with van der Waals surface area (Å²) in [6.45, 7) is 8.87. The highest BCUT2D eigenvalue weighted by Gasteiger charge is 2.03. The van der Waals surface area contributed by atoms with E-state index in [9.17, 15) is 4.79 Å². The summed E-state index contributed by atoms with van der Waals surface area (Å²) < 4.78 is 0. The maximum absolute atomic E-state index is 11.2. The van der Waals surface area contributed by atoms with Crippen LogP contribution in [0.25, 0.3) is 0 Å². The molecule has 0 aliphatic carbocycles. The summed E-state index contributed by atoms with van der Waals surface area (Å²) in [5, 5.41) is 6.43. The largest absolute Gasteiger partial charge is 0.384 e. The van der Waals surface area contributed by atoms with E-state index in [1.165, 1.54) is 0 Å². The molecule has 0 aliphatic rings. The van der Waals surface area contributed by atoms with Crippen LogP contribution in [0.3, 0.4) is 0 Å². The lowest BCUT2D eigenvalue weighted by atomic mass is 10.1. The van der Waals surface area contributed by atoms with E-state index in [-0.39, 0.29) is 12.5 Å². The highest BCUT2D eigenvalue weighted by atomic mass is 16.6. The molecular weight excluding hydrogens is 218 g/mol. The second-order valence-corrected chi connectivity index (χ2v) is 4.99. The van der Waals surface area contributed by atoms with Crippen molar-refractivity contribution in [1.82, 2.24) is 5.32 Å². The molecule has 0 saturated carbocycles. The molecule has 0 spiro atoms. The summed E-state index contributed by atoms with van der Waals surface area (Å²) in [4.78, 5) is 16.1. The molecule has 17 heavy (non-hydrogen) atoms. The van der Waals surface area contributed by atoms with Crippen molar-refractivity contribution in [2.45, 2.75) is 40.5 Å². The van der Waals surface area contributed by atoms with E-state index in [4.69, 9.17) is 10.6 Å². The van der Waals surface area contributed by atoms with E-state index < -0.39 is 0 Å². The van der Waals surface area contributed by atoms with Gasteiger partial charge in [0.2, 0.25) is 0 Å². The number of nitrogens with zero attached hydrogens (tertiary/aromatic N) is 1. The number of carbonyl (C=O) groups is 1. The molecule has 5 heteroatoms. The topological polar surface area (TPSA) is 76.7 Å². The Balaban J connectivity index is 3.66. The average molecular weight is 243 g/mol. The fraction of sp³-hybridized carbons (Fsp3) is 0.833. The lowest BCUT2D eigenvalue weighted by Crippen LogP contribution is -2.30. The molecule has 0 unspecified atom stereocenters. The Hall–Kier alpha value is -1.26. The zero-order chi connectivity index (χ0) is 13.3. The molecule has 0 aliphatic heterocycles. The highest BCUT2D eigenvalue weighted by molar-refractivity contribution is 5.80. The SMILES string of the molecule is CC(C)CC/C(N)=N/OCC(=O)NCC(C)C. The van der Waals surface area contributed by atoms with Gasteiger partial charge in [-0.2, -0.15) is 0 Å². The molecule has 0 fully saturated rings. The Morgan fingerprint density at radius 2 is 1.94 bits per heavy atom. The van der Waals surface area contributed by atoms with Crippen LogP contribution in [0.5, 0.6) is 0 Å². The standard InChI is InChI=1S/C12H25N3O2/c1-9(2)5-6-11(13)15-17-8-12(16)14-7-10(3)4/h9-10H,5-8H2,1-4H3,(H2,13,15)(H,14,16). The van der Waals surface area contributed by atoms with Gasteiger partial charge in [0.05, 0.1) is 0 Å². The van der Waals surface area contributed by atoms with Crippen molar-refractivity contribution in [3.63, 3.8) is 0 Å². The fourth-order valence-electron chi connectivity index (χ4n) is 1.03. The normalized spacial score (nSPS) is 12.0. The maximum Gasteiger partial charge on any atom is 0.260 e. The molecule has 5 nitrogen and oxygen atoms in total. The fourth-order valence-corrected chi connectivity index (χ4v) is 1.03. The molecular formula is C12H25N3O2. The first-order valence-electron chi connectivity index (χ1n) is 6.12. The van der Waals surface area contributed by atoms with E-state index in [0.29, 0.717) is 30.6 Å². The Morgan fingerprint density at radius 3 is 2.47 bits per heavy atom. The van der Waals surface area contributed by atoms with Gasteiger partial charge in [-0.1, -0.05) is 32.9 Å². The molecule has 0 aromatic heterocycles. The van der Waals surface area contributed by atoms with Gasteiger partial charge in [0, 0.05) is 13.0 Å². The zero-order valence-corrected chi connectivity index (χ0v) is 11.3. The van der Waals surface area contributed by atoms with E-state index in [1.54, 1.807) is 0 Å². The van der Waals surface area contributed by atoms with Crippen molar-refractivity contribution in [1.29, 1.82) is 0 Å². The first-order chi connectivity index (χ1) is 7.91. The molecule has 0 bridgehead atoms. The van der Waals surface area contributed by atoms with E-state index >= 15 is 0 Å². The van der Waals surface area contributed by atoms with Crippen LogP contribution in [-0.2, 0) is 9.63 Å². The molecule has 1 amide bonds. The number of oxime groups is 1. The summed E-state index contributed by atoms with van der Waals surface area (Å²) in [5.74, 6) is 1.28. The van der Waals surface area contributed by atoms with E-state index in [1.807, 2.05) is 13.8 Å². The van der Waals surface area contributed by atoms with Crippen molar-refractivity contribution in [3.05, 3.63) is 0 Å². The molecule has 0 aromatic carbocycles. The van der Waals surface area contributed by atoms with Crippen molar-refractivity contribution < 1.29 is 9.63 Å². The molecule has 0 rings (SSSR count). The van der Waals surface area contributed by atoms with Gasteiger partial charge in [0.25, 0.3) is 5.91 Å². The third-order valence-electron chi connectivity index (χ3n) is 2.06. The quantitative estimate of drug-likeness (QED) is 0.385. The van der Waals surface area contributed by atoms with Gasteiger partial charge in [-0.3, -0.25) is 4.79 Å². The van der Waals surface area contributed by atoms with Crippen LogP contribution >= 0.6 is 0 Å². The Bertz CT molecular complexity index is 250. The monoisotopic (exact) mass is 243 g/mol. The molecule has 0 atom stereocenters. The second kappa shape index (κ2) is 8.84. The molecule has 100 valence electrons. The number of hydrogen-bond acceptors (Lipinski definition) is 3. The van der Waals surface area contributed by atoms with Gasteiger partial charge in [-0.15, -0.1) is 0 Å². The van der Waals surface area contributed by atoms with Gasteiger partial charge < -0.3 is 15.9 Å². The average Bonchev–Trinajstić information content (AvgIpc) is 2.23. The molecule has 0 saturated heterocycles. The number of amidine groups is 1. The molecule has 0 aromatic rings. The Kier molecular flexibility index (Phi) is 8.19. The van der Waals surface area contributed by atoms with Crippen LogP contribution in [-0.4, -0.2) is 24.9 Å². The van der Waals surface area contributed by atoms with Crippen LogP contribution in [0.4, 0.5) is 0 Å². The number of nitrogens with one attached hydrogen (secondary N) is 1. The smallest absolute Gasteiger partial charge is 0.260 e. The Morgan fingerprint density at radius 1 is 1.29 bits per heavy atom. The second-order valence-electron chi connectivity index (χ2n) is 4.99. The predicted molar refractivity (Wildman–Crippen MR) is 69.5 cm³/mol. The summed E-state index contributed by atoms with van der Waals surface area (Å²) in [6.07, 6.45) is 1.67. The van der Waals surface area contributed by atoms with Crippen molar-refractivity contribution in [2.24, 2.45) is 22.7 Å². The summed E-state index contributed by atoms with van der Waals surface area (Å²) in [5.41, 5.74) is 5.62. The number of amides is 1. The molecule has 0 radical (unpaired) electrons. The minimum atomic E-state index is -0.167. The molecule has 3 N–H and O–H groups in total. The number of nitrogens with two attached hydrogens (primary N) is 1. The predicted octanol–water partition coefficient (Wildman–Crippen LogP) is 1.48. The van der Waals surface area contributed by atoms with Gasteiger partial charge in [0.15, 0.2) is 6.61 Å². The van der Waals surface area contributed by atoms with E-state index in [2.05, 4.69) is 24.3 Å². The first-order valence-corrected chi connectivity index (χ1v) is 6.12. The third kappa shape index (κ3) is 11.0. The number of hydrogen-bond donors (Lipinski definition) is 2. The number of carbonyl (C=O) groups excluding carboxylic acids is 1. The van der Waals surface area contributed by atoms with Gasteiger partial charge >= 0.3 is 0 Å². The van der Waals surface area contributed by atoms with E-state index in [0.717, 1.165) is 6.42 Å². The highest BCUT2D eigenvalue weighted by Crippen LogP contribution is 2.02. The summed E-state index contributed by atoms with van der Waals surface area (Å²) in [7, 11) is 0. The van der Waals surface area contributed by atoms with Gasteiger partial charge in [-0.05, 0) is 18.3 Å². The van der Waals surface area contributed by atoms with Crippen molar-refractivity contribution in [3.8, 4) is 0 Å². The van der Waals surface area contributed by atoms with Crippen LogP contribution in [0.2, 0.25) is 0 Å².